The van der Waals surface area contributed by atoms with Gasteiger partial charge in [-0.2, -0.15) is 23.7 Å². The lowest BCUT2D eigenvalue weighted by Gasteiger charge is -2.30. The normalized spacial score (nSPS) is 19.1. The molecule has 2 saturated carbocycles. The standard InChI is InChI=1S/C28H28F4N4O/c1-25(2,29)15-22(24(37)36-27(17-34)13-14-27)35-23(28(30,31)32)20-5-3-18(4-6-20)19-7-9-21(10-8-19)26(16-33)11-12-26/h3-10,22-23,35H,11-15H2,1-2H3,(H,36,37)/t22-,23-/m0/s1. The van der Waals surface area contributed by atoms with E-state index in [1.54, 1.807) is 12.1 Å². The van der Waals surface area contributed by atoms with Crippen molar-refractivity contribution in [3.05, 3.63) is 59.7 Å². The molecule has 0 spiro atoms. The summed E-state index contributed by atoms with van der Waals surface area (Å²) in [6.07, 6.45) is -2.81. The summed E-state index contributed by atoms with van der Waals surface area (Å²) >= 11 is 0. The van der Waals surface area contributed by atoms with Crippen LogP contribution in [0.15, 0.2) is 48.5 Å². The highest BCUT2D eigenvalue weighted by molar-refractivity contribution is 5.83. The number of rotatable bonds is 9. The molecule has 2 aromatic rings. The molecule has 0 bridgehead atoms. The van der Waals surface area contributed by atoms with E-state index < -0.39 is 47.2 Å². The van der Waals surface area contributed by atoms with Gasteiger partial charge in [0.15, 0.2) is 0 Å². The van der Waals surface area contributed by atoms with Gasteiger partial charge in [0, 0.05) is 6.42 Å². The third-order valence-corrected chi connectivity index (χ3v) is 7.01. The van der Waals surface area contributed by atoms with Crippen LogP contribution in [0.3, 0.4) is 0 Å². The van der Waals surface area contributed by atoms with E-state index in [9.17, 15) is 32.9 Å². The number of amides is 1. The molecule has 37 heavy (non-hydrogen) atoms. The van der Waals surface area contributed by atoms with Crippen LogP contribution in [0.4, 0.5) is 17.6 Å². The zero-order valence-corrected chi connectivity index (χ0v) is 20.6. The van der Waals surface area contributed by atoms with Crippen LogP contribution < -0.4 is 10.6 Å². The molecular formula is C28H28F4N4O. The first kappa shape index (κ1) is 26.6. The van der Waals surface area contributed by atoms with Gasteiger partial charge in [0.25, 0.3) is 0 Å². The number of nitrogens with one attached hydrogen (secondary N) is 2. The van der Waals surface area contributed by atoms with Crippen molar-refractivity contribution in [2.24, 2.45) is 0 Å². The van der Waals surface area contributed by atoms with E-state index >= 15 is 0 Å². The van der Waals surface area contributed by atoms with E-state index in [0.717, 1.165) is 24.0 Å². The second-order valence-electron chi connectivity index (χ2n) is 10.7. The van der Waals surface area contributed by atoms with Crippen molar-refractivity contribution in [1.82, 2.24) is 10.6 Å². The molecule has 0 aliphatic heterocycles. The van der Waals surface area contributed by atoms with Crippen molar-refractivity contribution in [1.29, 1.82) is 10.5 Å². The van der Waals surface area contributed by atoms with Gasteiger partial charge in [-0.3, -0.25) is 10.1 Å². The Morgan fingerprint density at radius 1 is 0.919 bits per heavy atom. The molecule has 0 saturated heterocycles. The van der Waals surface area contributed by atoms with Crippen molar-refractivity contribution >= 4 is 5.91 Å². The first-order valence-corrected chi connectivity index (χ1v) is 12.2. The van der Waals surface area contributed by atoms with Crippen molar-refractivity contribution in [2.75, 3.05) is 0 Å². The van der Waals surface area contributed by atoms with Crippen molar-refractivity contribution in [2.45, 2.75) is 80.8 Å². The molecule has 0 radical (unpaired) electrons. The number of carbonyl (C=O) groups is 1. The highest BCUT2D eigenvalue weighted by Gasteiger charge is 2.48. The third-order valence-electron chi connectivity index (χ3n) is 7.01. The average Bonchev–Trinajstić information content (AvgIpc) is 3.77. The molecule has 0 heterocycles. The molecule has 1 amide bonds. The Balaban J connectivity index is 1.55. The Bertz CT molecular complexity index is 1230. The second kappa shape index (κ2) is 9.46. The van der Waals surface area contributed by atoms with Crippen LogP contribution in [-0.4, -0.2) is 29.3 Å². The molecule has 0 aromatic heterocycles. The lowest BCUT2D eigenvalue weighted by atomic mass is 9.94. The Labute approximate surface area is 213 Å². The Hall–Kier alpha value is -3.43. The molecule has 5 nitrogen and oxygen atoms in total. The zero-order valence-electron chi connectivity index (χ0n) is 20.6. The third kappa shape index (κ3) is 6.11. The van der Waals surface area contributed by atoms with Gasteiger partial charge >= 0.3 is 6.18 Å². The second-order valence-corrected chi connectivity index (χ2v) is 10.7. The Morgan fingerprint density at radius 3 is 1.86 bits per heavy atom. The van der Waals surface area contributed by atoms with Crippen molar-refractivity contribution in [3.8, 4) is 23.3 Å². The summed E-state index contributed by atoms with van der Waals surface area (Å²) in [5, 5.41) is 23.4. The van der Waals surface area contributed by atoms with Gasteiger partial charge in [0.05, 0.1) is 23.6 Å². The maximum atomic E-state index is 14.5. The first-order chi connectivity index (χ1) is 17.3. The van der Waals surface area contributed by atoms with Gasteiger partial charge in [0.1, 0.15) is 17.2 Å². The number of benzene rings is 2. The number of hydrogen-bond donors (Lipinski definition) is 2. The summed E-state index contributed by atoms with van der Waals surface area (Å²) in [4.78, 5) is 12.8. The van der Waals surface area contributed by atoms with Crippen LogP contribution in [0.5, 0.6) is 0 Å². The fourth-order valence-corrected chi connectivity index (χ4v) is 4.45. The Kier molecular flexibility index (Phi) is 6.81. The summed E-state index contributed by atoms with van der Waals surface area (Å²) in [5.74, 6) is -0.832. The smallest absolute Gasteiger partial charge is 0.336 e. The Morgan fingerprint density at radius 2 is 1.46 bits per heavy atom. The molecular weight excluding hydrogens is 484 g/mol. The molecule has 2 aliphatic carbocycles. The minimum absolute atomic E-state index is 0.120. The van der Waals surface area contributed by atoms with Crippen LogP contribution in [-0.2, 0) is 10.2 Å². The summed E-state index contributed by atoms with van der Waals surface area (Å²) in [6, 6.07) is 13.8. The minimum atomic E-state index is -4.76. The predicted molar refractivity (Wildman–Crippen MR) is 130 cm³/mol. The van der Waals surface area contributed by atoms with E-state index in [4.69, 9.17) is 0 Å². The number of alkyl halides is 4. The van der Waals surface area contributed by atoms with Crippen molar-refractivity contribution in [3.63, 3.8) is 0 Å². The topological polar surface area (TPSA) is 88.7 Å². The number of nitrogens with zero attached hydrogens (tertiary/aromatic N) is 2. The predicted octanol–water partition coefficient (Wildman–Crippen LogP) is 5.78. The van der Waals surface area contributed by atoms with E-state index in [1.807, 2.05) is 30.3 Å². The molecule has 2 atom stereocenters. The number of hydrogen-bond acceptors (Lipinski definition) is 4. The van der Waals surface area contributed by atoms with Gasteiger partial charge in [-0.15, -0.1) is 0 Å². The van der Waals surface area contributed by atoms with Crippen LogP contribution in [0, 0.1) is 22.7 Å². The molecule has 2 fully saturated rings. The van der Waals surface area contributed by atoms with Gasteiger partial charge < -0.3 is 5.32 Å². The number of nitriles is 2. The minimum Gasteiger partial charge on any atom is -0.336 e. The fraction of sp³-hybridized carbons (Fsp3) is 0.464. The van der Waals surface area contributed by atoms with Gasteiger partial charge in [-0.25, -0.2) is 4.39 Å². The maximum Gasteiger partial charge on any atom is 0.407 e. The largest absolute Gasteiger partial charge is 0.407 e. The summed E-state index contributed by atoms with van der Waals surface area (Å²) in [6.45, 7) is 2.38. The fourth-order valence-electron chi connectivity index (χ4n) is 4.45. The van der Waals surface area contributed by atoms with Gasteiger partial charge in [-0.1, -0.05) is 48.5 Å². The highest BCUT2D eigenvalue weighted by Crippen LogP contribution is 2.47. The van der Waals surface area contributed by atoms with E-state index in [0.29, 0.717) is 18.4 Å². The molecule has 2 aliphatic rings. The molecule has 4 rings (SSSR count). The summed E-state index contributed by atoms with van der Waals surface area (Å²) in [5.41, 5.74) is -1.13. The van der Waals surface area contributed by atoms with Gasteiger partial charge in [-0.05, 0) is 61.8 Å². The quantitative estimate of drug-likeness (QED) is 0.417. The average molecular weight is 513 g/mol. The maximum absolute atomic E-state index is 14.5. The first-order valence-electron chi connectivity index (χ1n) is 12.2. The number of halogens is 4. The summed E-state index contributed by atoms with van der Waals surface area (Å²) in [7, 11) is 0. The zero-order chi connectivity index (χ0) is 27.1. The van der Waals surface area contributed by atoms with Crippen molar-refractivity contribution < 1.29 is 22.4 Å². The van der Waals surface area contributed by atoms with E-state index in [-0.39, 0.29) is 5.56 Å². The molecule has 0 unspecified atom stereocenters. The molecule has 9 heteroatoms. The number of carbonyl (C=O) groups excluding carboxylic acids is 1. The van der Waals surface area contributed by atoms with Crippen LogP contribution in [0.1, 0.15) is 63.1 Å². The van der Waals surface area contributed by atoms with Crippen LogP contribution in [0.2, 0.25) is 0 Å². The monoisotopic (exact) mass is 512 g/mol. The van der Waals surface area contributed by atoms with E-state index in [1.165, 1.54) is 26.0 Å². The molecule has 2 N–H and O–H groups in total. The lowest BCUT2D eigenvalue weighted by molar-refractivity contribution is -0.161. The SMILES string of the molecule is CC(C)(F)C[C@H](N[C@@H](c1ccc(-c2ccc(C3(C#N)CC3)cc2)cc1)C(F)(F)F)C(=O)NC1(C#N)CC1. The van der Waals surface area contributed by atoms with Crippen LogP contribution in [0.25, 0.3) is 11.1 Å². The lowest BCUT2D eigenvalue weighted by Crippen LogP contribution is -2.53. The highest BCUT2D eigenvalue weighted by atomic mass is 19.4. The van der Waals surface area contributed by atoms with E-state index in [2.05, 4.69) is 16.7 Å². The summed E-state index contributed by atoms with van der Waals surface area (Å²) < 4.78 is 56.9. The van der Waals surface area contributed by atoms with Crippen LogP contribution >= 0.6 is 0 Å². The molecule has 194 valence electrons. The molecule has 2 aromatic carbocycles. The van der Waals surface area contributed by atoms with Gasteiger partial charge in [0.2, 0.25) is 5.91 Å².